The van der Waals surface area contributed by atoms with Crippen LogP contribution in [0, 0.1) is 0 Å². The Kier molecular flexibility index (Phi) is 8.93. The number of allylic oxidation sites excluding steroid dienone is 2. The summed E-state index contributed by atoms with van der Waals surface area (Å²) in [5.74, 6) is 0. The summed E-state index contributed by atoms with van der Waals surface area (Å²) in [5.41, 5.74) is 2.12. The zero-order valence-electron chi connectivity index (χ0n) is 14.3. The van der Waals surface area contributed by atoms with Gasteiger partial charge in [-0.1, -0.05) is 48.5 Å². The zero-order chi connectivity index (χ0) is 17.1. The molecule has 1 heterocycles. The van der Waals surface area contributed by atoms with Gasteiger partial charge < -0.3 is 10.1 Å². The van der Waals surface area contributed by atoms with Crippen LogP contribution in [0.25, 0.3) is 0 Å². The van der Waals surface area contributed by atoms with Crippen molar-refractivity contribution in [3.8, 4) is 0 Å². The van der Waals surface area contributed by atoms with Crippen molar-refractivity contribution in [2.24, 2.45) is 0 Å². The van der Waals surface area contributed by atoms with Crippen molar-refractivity contribution in [1.82, 2.24) is 5.32 Å². The molecule has 0 aliphatic carbocycles. The molecule has 0 radical (unpaired) electrons. The van der Waals surface area contributed by atoms with E-state index in [1.54, 1.807) is 6.08 Å². The molecule has 1 aliphatic heterocycles. The molecule has 0 unspecified atom stereocenters. The molecule has 0 amide bonds. The molecule has 126 valence electrons. The quantitative estimate of drug-likeness (QED) is 0.586. The highest BCUT2D eigenvalue weighted by atomic mass is 35.5. The van der Waals surface area contributed by atoms with E-state index in [4.69, 9.17) is 16.3 Å². The third kappa shape index (κ3) is 5.98. The largest absolute Gasteiger partial charge is 0.366 e. The SMILES string of the molecule is C=C/C(=C\C)COC1(c2ccc(Cl)cc2)CCNCC1.C=CC. The van der Waals surface area contributed by atoms with Gasteiger partial charge in [0, 0.05) is 5.02 Å². The summed E-state index contributed by atoms with van der Waals surface area (Å²) in [6.07, 6.45) is 7.60. The molecule has 1 fully saturated rings. The Morgan fingerprint density at radius 1 is 1.22 bits per heavy atom. The van der Waals surface area contributed by atoms with Gasteiger partial charge in [0.15, 0.2) is 0 Å². The Bertz CT molecular complexity index is 513. The Morgan fingerprint density at radius 2 is 1.78 bits per heavy atom. The van der Waals surface area contributed by atoms with E-state index in [0.29, 0.717) is 6.61 Å². The molecule has 2 nitrogen and oxygen atoms in total. The molecule has 2 rings (SSSR count). The molecule has 0 bridgehead atoms. The lowest BCUT2D eigenvalue weighted by Crippen LogP contribution is -2.42. The summed E-state index contributed by atoms with van der Waals surface area (Å²) >= 11 is 5.99. The Morgan fingerprint density at radius 3 is 2.26 bits per heavy atom. The first-order chi connectivity index (χ1) is 11.1. The second-order valence-corrected chi connectivity index (χ2v) is 5.95. The van der Waals surface area contributed by atoms with E-state index < -0.39 is 0 Å². The van der Waals surface area contributed by atoms with E-state index in [2.05, 4.69) is 30.6 Å². The summed E-state index contributed by atoms with van der Waals surface area (Å²) in [7, 11) is 0. The van der Waals surface area contributed by atoms with E-state index in [9.17, 15) is 0 Å². The number of nitrogens with one attached hydrogen (secondary N) is 1. The minimum Gasteiger partial charge on any atom is -0.366 e. The van der Waals surface area contributed by atoms with Gasteiger partial charge in [-0.05, 0) is 63.0 Å². The van der Waals surface area contributed by atoms with Crippen LogP contribution in [0.4, 0.5) is 0 Å². The molecule has 0 aromatic heterocycles. The predicted molar refractivity (Wildman–Crippen MR) is 101 cm³/mol. The van der Waals surface area contributed by atoms with Gasteiger partial charge in [0.25, 0.3) is 0 Å². The minimum atomic E-state index is -0.215. The fraction of sp³-hybridized carbons (Fsp3) is 0.400. The normalized spacial score (nSPS) is 16.9. The molecule has 1 aliphatic rings. The van der Waals surface area contributed by atoms with Gasteiger partial charge >= 0.3 is 0 Å². The van der Waals surface area contributed by atoms with Gasteiger partial charge in [0.2, 0.25) is 0 Å². The van der Waals surface area contributed by atoms with Gasteiger partial charge in [-0.15, -0.1) is 6.58 Å². The number of piperidine rings is 1. The summed E-state index contributed by atoms with van der Waals surface area (Å²) in [6, 6.07) is 8.04. The molecule has 0 atom stereocenters. The highest BCUT2D eigenvalue weighted by Gasteiger charge is 2.34. The smallest absolute Gasteiger partial charge is 0.0960 e. The van der Waals surface area contributed by atoms with Crippen LogP contribution in [0.3, 0.4) is 0 Å². The molecule has 1 aromatic rings. The lowest BCUT2D eigenvalue weighted by molar-refractivity contribution is -0.0602. The van der Waals surface area contributed by atoms with Gasteiger partial charge in [-0.3, -0.25) is 0 Å². The molecule has 0 saturated carbocycles. The molecular formula is C20H28ClNO. The summed E-state index contributed by atoms with van der Waals surface area (Å²) in [6.45, 7) is 13.6. The predicted octanol–water partition coefficient (Wildman–Crippen LogP) is 5.26. The fourth-order valence-electron chi connectivity index (χ4n) is 2.58. The maximum Gasteiger partial charge on any atom is 0.0960 e. The van der Waals surface area contributed by atoms with Crippen LogP contribution >= 0.6 is 11.6 Å². The fourth-order valence-corrected chi connectivity index (χ4v) is 2.71. The molecule has 1 saturated heterocycles. The monoisotopic (exact) mass is 333 g/mol. The molecule has 1 aromatic carbocycles. The highest BCUT2D eigenvalue weighted by molar-refractivity contribution is 6.30. The third-order valence-electron chi connectivity index (χ3n) is 3.93. The van der Waals surface area contributed by atoms with Crippen molar-refractivity contribution < 1.29 is 4.74 Å². The van der Waals surface area contributed by atoms with Crippen molar-refractivity contribution >= 4 is 11.6 Å². The summed E-state index contributed by atoms with van der Waals surface area (Å²) in [5, 5.41) is 4.16. The third-order valence-corrected chi connectivity index (χ3v) is 4.18. The number of rotatable bonds is 5. The zero-order valence-corrected chi connectivity index (χ0v) is 15.0. The van der Waals surface area contributed by atoms with Crippen LogP contribution in [0.1, 0.15) is 32.3 Å². The maximum atomic E-state index is 6.32. The van der Waals surface area contributed by atoms with Crippen molar-refractivity contribution in [2.75, 3.05) is 19.7 Å². The second kappa shape index (κ2) is 10.4. The minimum absolute atomic E-state index is 0.215. The topological polar surface area (TPSA) is 21.3 Å². The van der Waals surface area contributed by atoms with Crippen molar-refractivity contribution in [1.29, 1.82) is 0 Å². The Labute approximate surface area is 145 Å². The van der Waals surface area contributed by atoms with E-state index >= 15 is 0 Å². The number of hydrogen-bond acceptors (Lipinski definition) is 2. The van der Waals surface area contributed by atoms with Gasteiger partial charge in [0.1, 0.15) is 0 Å². The van der Waals surface area contributed by atoms with Crippen LogP contribution in [0.5, 0.6) is 0 Å². The summed E-state index contributed by atoms with van der Waals surface area (Å²) in [4.78, 5) is 0. The second-order valence-electron chi connectivity index (χ2n) is 5.52. The number of benzene rings is 1. The van der Waals surface area contributed by atoms with E-state index in [1.165, 1.54) is 5.56 Å². The van der Waals surface area contributed by atoms with Crippen LogP contribution in [0.15, 0.2) is 61.2 Å². The van der Waals surface area contributed by atoms with Crippen molar-refractivity contribution in [3.05, 3.63) is 71.8 Å². The maximum absolute atomic E-state index is 6.32. The first kappa shape index (κ1) is 19.7. The number of hydrogen-bond donors (Lipinski definition) is 1. The van der Waals surface area contributed by atoms with Crippen LogP contribution < -0.4 is 5.32 Å². The highest BCUT2D eigenvalue weighted by Crippen LogP contribution is 2.35. The van der Waals surface area contributed by atoms with Crippen LogP contribution in [-0.2, 0) is 10.3 Å². The van der Waals surface area contributed by atoms with E-state index in [-0.39, 0.29) is 5.60 Å². The van der Waals surface area contributed by atoms with Crippen LogP contribution in [-0.4, -0.2) is 19.7 Å². The molecule has 3 heteroatoms. The Hall–Kier alpha value is -1.35. The van der Waals surface area contributed by atoms with Crippen molar-refractivity contribution in [3.63, 3.8) is 0 Å². The molecule has 1 N–H and O–H groups in total. The number of halogens is 1. The van der Waals surface area contributed by atoms with E-state index in [0.717, 1.165) is 36.5 Å². The first-order valence-corrected chi connectivity index (χ1v) is 8.45. The number of ether oxygens (including phenoxy) is 1. The average molecular weight is 334 g/mol. The van der Waals surface area contributed by atoms with Crippen LogP contribution in [0.2, 0.25) is 5.02 Å². The average Bonchev–Trinajstić information content (AvgIpc) is 2.58. The van der Waals surface area contributed by atoms with Gasteiger partial charge in [-0.25, -0.2) is 0 Å². The Balaban J connectivity index is 0.000000816. The lowest BCUT2D eigenvalue weighted by atomic mass is 9.84. The summed E-state index contributed by atoms with van der Waals surface area (Å²) < 4.78 is 6.32. The van der Waals surface area contributed by atoms with Gasteiger partial charge in [-0.2, -0.15) is 0 Å². The van der Waals surface area contributed by atoms with Gasteiger partial charge in [0.05, 0.1) is 12.2 Å². The lowest BCUT2D eigenvalue weighted by Gasteiger charge is -2.38. The van der Waals surface area contributed by atoms with E-state index in [1.807, 2.05) is 38.1 Å². The molecule has 0 spiro atoms. The van der Waals surface area contributed by atoms with Crippen molar-refractivity contribution in [2.45, 2.75) is 32.3 Å². The molecular weight excluding hydrogens is 306 g/mol. The first-order valence-electron chi connectivity index (χ1n) is 8.07. The molecule has 23 heavy (non-hydrogen) atoms. The standard InChI is InChI=1S/C17H22ClNO.C3H6/c1-3-14(4-2)13-20-17(9-11-19-12-10-17)15-5-7-16(18)8-6-15;1-3-2/h3-8,19H,1,9-13H2,2H3;3H,1H2,2H3/b14-4+;.